The van der Waals surface area contributed by atoms with Crippen molar-refractivity contribution in [2.24, 2.45) is 0 Å². The highest BCUT2D eigenvalue weighted by Crippen LogP contribution is 2.48. The number of hydrogen-bond donors (Lipinski definition) is 3. The summed E-state index contributed by atoms with van der Waals surface area (Å²) >= 11 is 3.01. The molecule has 6 nitrogen and oxygen atoms in total. The summed E-state index contributed by atoms with van der Waals surface area (Å²) in [5, 5.41) is 13.0. The van der Waals surface area contributed by atoms with E-state index in [0.29, 0.717) is 5.75 Å². The molecule has 0 bridgehead atoms. The Bertz CT molecular complexity index is 1240. The number of benzene rings is 3. The summed E-state index contributed by atoms with van der Waals surface area (Å²) in [6.45, 7) is 3.66. The Morgan fingerprint density at radius 1 is 0.875 bits per heavy atom. The summed E-state index contributed by atoms with van der Waals surface area (Å²) in [6.07, 6.45) is 4.14. The molecule has 0 aliphatic rings. The number of nitrogens with one attached hydrogen (secondary N) is 2. The third-order valence-electron chi connectivity index (χ3n) is 6.55. The van der Waals surface area contributed by atoms with Gasteiger partial charge < -0.3 is 15.4 Å². The molecule has 0 saturated carbocycles. The molecule has 0 aliphatic carbocycles. The van der Waals surface area contributed by atoms with E-state index in [-0.39, 0.29) is 24.1 Å². The van der Waals surface area contributed by atoms with Crippen molar-refractivity contribution in [3.05, 3.63) is 126 Å². The molecule has 4 aromatic rings. The number of thioether (sulfide) groups is 2. The first-order valence-electron chi connectivity index (χ1n) is 12.8. The number of imidazole rings is 1. The maximum absolute atomic E-state index is 13.3. The van der Waals surface area contributed by atoms with Gasteiger partial charge in [0, 0.05) is 17.6 Å². The normalized spacial score (nSPS) is 12.2. The number of carbonyl (C=O) groups is 2. The molecular formula is C31H34ClN3O3S2. The molecular weight excluding hydrogens is 562 g/mol. The zero-order chi connectivity index (χ0) is 27.7. The molecule has 0 fully saturated rings. The van der Waals surface area contributed by atoms with Gasteiger partial charge in [-0.05, 0) is 42.7 Å². The number of carbonyl (C=O) groups excluding carboxylic acids is 1. The summed E-state index contributed by atoms with van der Waals surface area (Å²) in [7, 11) is 0. The predicted molar refractivity (Wildman–Crippen MR) is 167 cm³/mol. The average Bonchev–Trinajstić information content (AvgIpc) is 3.48. The molecule has 1 heterocycles. The highest BCUT2D eigenvalue weighted by Gasteiger charge is 2.39. The lowest BCUT2D eigenvalue weighted by atomic mass is 9.84. The first-order chi connectivity index (χ1) is 18.8. The smallest absolute Gasteiger partial charge is 0.327 e. The van der Waals surface area contributed by atoms with Gasteiger partial charge in [-0.25, -0.2) is 9.78 Å². The summed E-state index contributed by atoms with van der Waals surface area (Å²) < 4.78 is -1.47. The van der Waals surface area contributed by atoms with Crippen LogP contribution in [0.1, 0.15) is 36.2 Å². The fourth-order valence-corrected chi connectivity index (χ4v) is 6.96. The van der Waals surface area contributed by atoms with E-state index in [1.807, 2.05) is 68.4 Å². The number of aliphatic carboxylic acids is 1. The SMILES string of the molecule is CC(C)(SCCc1cnc[nH]1)C(=O)N[C@@H](CSC(c1ccccc1)(c1ccccc1)c1ccccc1)C(=O)O.Cl. The van der Waals surface area contributed by atoms with Crippen molar-refractivity contribution >= 4 is 47.8 Å². The van der Waals surface area contributed by atoms with E-state index in [2.05, 4.69) is 51.7 Å². The maximum atomic E-state index is 13.3. The van der Waals surface area contributed by atoms with E-state index >= 15 is 0 Å². The van der Waals surface area contributed by atoms with Crippen molar-refractivity contribution in [2.75, 3.05) is 11.5 Å². The molecule has 0 saturated heterocycles. The van der Waals surface area contributed by atoms with Gasteiger partial charge in [0.25, 0.3) is 0 Å². The van der Waals surface area contributed by atoms with Crippen LogP contribution < -0.4 is 5.32 Å². The molecule has 9 heteroatoms. The second kappa shape index (κ2) is 14.4. The Balaban J connectivity index is 0.00000441. The molecule has 0 radical (unpaired) electrons. The van der Waals surface area contributed by atoms with Crippen LogP contribution in [0.4, 0.5) is 0 Å². The highest BCUT2D eigenvalue weighted by atomic mass is 35.5. The number of carboxylic acid groups (broad SMARTS) is 1. The molecule has 210 valence electrons. The van der Waals surface area contributed by atoms with Crippen LogP contribution in [0.25, 0.3) is 0 Å². The molecule has 0 unspecified atom stereocenters. The summed E-state index contributed by atoms with van der Waals surface area (Å²) in [4.78, 5) is 32.8. The lowest BCUT2D eigenvalue weighted by Crippen LogP contribution is -2.50. The highest BCUT2D eigenvalue weighted by molar-refractivity contribution is 8.01. The van der Waals surface area contributed by atoms with E-state index in [1.54, 1.807) is 12.5 Å². The molecule has 0 aliphatic heterocycles. The van der Waals surface area contributed by atoms with Crippen LogP contribution in [0, 0.1) is 0 Å². The van der Waals surface area contributed by atoms with Crippen molar-refractivity contribution in [1.29, 1.82) is 0 Å². The summed E-state index contributed by atoms with van der Waals surface area (Å²) in [5.74, 6) is -0.477. The molecule has 1 atom stereocenters. The molecule has 1 aromatic heterocycles. The maximum Gasteiger partial charge on any atom is 0.327 e. The molecule has 4 rings (SSSR count). The Morgan fingerprint density at radius 2 is 1.38 bits per heavy atom. The molecule has 3 N–H and O–H groups in total. The number of hydrogen-bond acceptors (Lipinski definition) is 5. The lowest BCUT2D eigenvalue weighted by molar-refractivity contribution is -0.141. The average molecular weight is 596 g/mol. The number of amides is 1. The van der Waals surface area contributed by atoms with Gasteiger partial charge in [0.2, 0.25) is 5.91 Å². The minimum Gasteiger partial charge on any atom is -0.480 e. The number of aromatic amines is 1. The number of carboxylic acids is 1. The topological polar surface area (TPSA) is 95.1 Å². The van der Waals surface area contributed by atoms with E-state index in [4.69, 9.17) is 0 Å². The largest absolute Gasteiger partial charge is 0.480 e. The second-order valence-electron chi connectivity index (χ2n) is 9.64. The second-order valence-corrected chi connectivity index (χ2v) is 12.6. The zero-order valence-corrected chi connectivity index (χ0v) is 24.9. The van der Waals surface area contributed by atoms with Gasteiger partial charge in [0.15, 0.2) is 0 Å². The van der Waals surface area contributed by atoms with Crippen molar-refractivity contribution in [3.63, 3.8) is 0 Å². The van der Waals surface area contributed by atoms with Gasteiger partial charge in [-0.3, -0.25) is 4.79 Å². The van der Waals surface area contributed by atoms with E-state index in [1.165, 1.54) is 23.5 Å². The number of nitrogens with zero attached hydrogens (tertiary/aromatic N) is 1. The fraction of sp³-hybridized carbons (Fsp3) is 0.258. The van der Waals surface area contributed by atoms with Crippen molar-refractivity contribution < 1.29 is 14.7 Å². The fourth-order valence-electron chi connectivity index (χ4n) is 4.39. The first kappa shape index (κ1) is 31.3. The van der Waals surface area contributed by atoms with Crippen molar-refractivity contribution in [3.8, 4) is 0 Å². The van der Waals surface area contributed by atoms with Crippen LogP contribution >= 0.6 is 35.9 Å². The third kappa shape index (κ3) is 7.50. The van der Waals surface area contributed by atoms with Crippen molar-refractivity contribution in [1.82, 2.24) is 15.3 Å². The molecule has 1 amide bonds. The van der Waals surface area contributed by atoms with E-state index in [0.717, 1.165) is 28.8 Å². The summed E-state index contributed by atoms with van der Waals surface area (Å²) in [5.41, 5.74) is 4.12. The predicted octanol–water partition coefficient (Wildman–Crippen LogP) is 6.18. The summed E-state index contributed by atoms with van der Waals surface area (Å²) in [6, 6.07) is 29.3. The standard InChI is InChI=1S/C31H33N3O3S2.ClH/c1-30(2,38-19-18-26-20-32-22-33-26)29(37)34-27(28(35)36)21-39-31(23-12-6-3-7-13-23,24-14-8-4-9-15-24)25-16-10-5-11-17-25;/h3-17,20,22,27H,18-19,21H2,1-2H3,(H,32,33)(H,34,37)(H,35,36);1H/t27-;/m0./s1. The van der Waals surface area contributed by atoms with Crippen LogP contribution in [0.5, 0.6) is 0 Å². The number of H-pyrrole nitrogens is 1. The first-order valence-corrected chi connectivity index (χ1v) is 14.8. The van der Waals surface area contributed by atoms with Gasteiger partial charge in [0.1, 0.15) is 6.04 Å². The van der Waals surface area contributed by atoms with E-state index in [9.17, 15) is 14.7 Å². The van der Waals surface area contributed by atoms with Crippen LogP contribution in [0.15, 0.2) is 104 Å². The van der Waals surface area contributed by atoms with Gasteiger partial charge in [-0.2, -0.15) is 0 Å². The van der Waals surface area contributed by atoms with Gasteiger partial charge in [-0.1, -0.05) is 91.0 Å². The monoisotopic (exact) mass is 595 g/mol. The van der Waals surface area contributed by atoms with Gasteiger partial charge in [-0.15, -0.1) is 35.9 Å². The van der Waals surface area contributed by atoms with Crippen LogP contribution in [0.2, 0.25) is 0 Å². The number of rotatable bonds is 13. The quantitative estimate of drug-likeness (QED) is 0.160. The van der Waals surface area contributed by atoms with E-state index < -0.39 is 21.5 Å². The molecule has 40 heavy (non-hydrogen) atoms. The molecule has 0 spiro atoms. The minimum atomic E-state index is -1.06. The van der Waals surface area contributed by atoms with Crippen LogP contribution in [-0.4, -0.2) is 49.2 Å². The number of aromatic nitrogens is 2. The Hall–Kier alpha value is -3.20. The van der Waals surface area contributed by atoms with Crippen LogP contribution in [-0.2, 0) is 20.8 Å². The van der Waals surface area contributed by atoms with Crippen molar-refractivity contribution in [2.45, 2.75) is 35.8 Å². The van der Waals surface area contributed by atoms with Crippen LogP contribution in [0.3, 0.4) is 0 Å². The van der Waals surface area contributed by atoms with Gasteiger partial charge in [0.05, 0.1) is 15.8 Å². The Kier molecular flexibility index (Phi) is 11.3. The molecule has 3 aromatic carbocycles. The third-order valence-corrected chi connectivity index (χ3v) is 9.50. The Morgan fingerprint density at radius 3 is 1.80 bits per heavy atom. The minimum absolute atomic E-state index is 0. The lowest BCUT2D eigenvalue weighted by Gasteiger charge is -2.36. The number of aryl methyl sites for hydroxylation is 1. The number of halogens is 1. The van der Waals surface area contributed by atoms with Gasteiger partial charge >= 0.3 is 5.97 Å². The zero-order valence-electron chi connectivity index (χ0n) is 22.4. The Labute approximate surface area is 250 Å².